The van der Waals surface area contributed by atoms with Crippen molar-refractivity contribution >= 4 is 38.6 Å². The Morgan fingerprint density at radius 3 is 2.47 bits per heavy atom. The number of aryl methyl sites for hydroxylation is 1. The van der Waals surface area contributed by atoms with Crippen LogP contribution in [0, 0.1) is 6.92 Å². The molecule has 7 heteroatoms. The van der Waals surface area contributed by atoms with Crippen LogP contribution in [0.5, 0.6) is 0 Å². The highest BCUT2D eigenvalue weighted by Crippen LogP contribution is 2.18. The fourth-order valence-electron chi connectivity index (χ4n) is 1.34. The number of hydrogen-bond acceptors (Lipinski definition) is 4. The summed E-state index contributed by atoms with van der Waals surface area (Å²) in [6, 6.07) is 5.13. The second-order valence-corrected chi connectivity index (χ2v) is 7.16. The second kappa shape index (κ2) is 5.66. The number of nitrogens with two attached hydrogens (primary N) is 1. The summed E-state index contributed by atoms with van der Waals surface area (Å²) in [7, 11) is -3.42. The first kappa shape index (κ1) is 15.6. The maximum absolute atomic E-state index is 11.8. The van der Waals surface area contributed by atoms with Gasteiger partial charge < -0.3 is 11.1 Å². The number of carbonyl (C=O) groups excluding carboxylic acids is 1. The molecule has 0 spiro atoms. The van der Waals surface area contributed by atoms with Gasteiger partial charge in [-0.05, 0) is 25.5 Å². The summed E-state index contributed by atoms with van der Waals surface area (Å²) in [4.78, 5) is 12.1. The van der Waals surface area contributed by atoms with Crippen molar-refractivity contribution in [2.24, 2.45) is 5.73 Å². The van der Waals surface area contributed by atoms with Crippen LogP contribution in [0.2, 0.25) is 0 Å². The molecule has 0 heterocycles. The van der Waals surface area contributed by atoms with Gasteiger partial charge in [-0.3, -0.25) is 4.79 Å². The Balaban J connectivity index is 3.03. The van der Waals surface area contributed by atoms with E-state index in [1.807, 2.05) is 0 Å². The molecule has 0 radical (unpaired) electrons. The van der Waals surface area contributed by atoms with Crippen LogP contribution in [0.25, 0.3) is 0 Å². The van der Waals surface area contributed by atoms with Crippen LogP contribution in [0.3, 0.4) is 0 Å². The Kier molecular flexibility index (Phi) is 4.65. The zero-order valence-electron chi connectivity index (χ0n) is 10.9. The molecule has 0 bridgehead atoms. The van der Waals surface area contributed by atoms with Crippen LogP contribution in [0.1, 0.15) is 18.1 Å². The SMILES string of the molecule is Cc1ccc(C(N)=S)cc1NC(=O)C(C)S(C)(=O)=O. The first-order valence-corrected chi connectivity index (χ1v) is 7.89. The molecule has 19 heavy (non-hydrogen) atoms. The number of carbonyl (C=O) groups is 1. The fourth-order valence-corrected chi connectivity index (χ4v) is 1.91. The van der Waals surface area contributed by atoms with Gasteiger partial charge in [0.25, 0.3) is 0 Å². The lowest BCUT2D eigenvalue weighted by Crippen LogP contribution is -2.32. The van der Waals surface area contributed by atoms with Crippen molar-refractivity contribution in [1.29, 1.82) is 0 Å². The molecule has 0 aromatic heterocycles. The predicted octanol–water partition coefficient (Wildman–Crippen LogP) is 1.00. The van der Waals surface area contributed by atoms with E-state index in [4.69, 9.17) is 18.0 Å². The third-order valence-electron chi connectivity index (χ3n) is 2.79. The Morgan fingerprint density at radius 1 is 1.42 bits per heavy atom. The molecule has 0 saturated carbocycles. The lowest BCUT2D eigenvalue weighted by atomic mass is 10.1. The molecule has 0 aliphatic carbocycles. The van der Waals surface area contributed by atoms with Crippen molar-refractivity contribution in [3.8, 4) is 0 Å². The van der Waals surface area contributed by atoms with Crippen molar-refractivity contribution in [2.45, 2.75) is 19.1 Å². The number of nitrogens with one attached hydrogen (secondary N) is 1. The van der Waals surface area contributed by atoms with Crippen molar-refractivity contribution in [2.75, 3.05) is 11.6 Å². The molecular weight excluding hydrogens is 284 g/mol. The van der Waals surface area contributed by atoms with E-state index < -0.39 is 21.0 Å². The topological polar surface area (TPSA) is 89.3 Å². The molecule has 0 aliphatic heterocycles. The third kappa shape index (κ3) is 4.00. The molecule has 1 amide bonds. The predicted molar refractivity (Wildman–Crippen MR) is 80.0 cm³/mol. The van der Waals surface area contributed by atoms with Gasteiger partial charge in [0.2, 0.25) is 5.91 Å². The van der Waals surface area contributed by atoms with Gasteiger partial charge in [0.05, 0.1) is 0 Å². The number of rotatable bonds is 4. The average molecular weight is 300 g/mol. The van der Waals surface area contributed by atoms with Gasteiger partial charge >= 0.3 is 0 Å². The molecule has 0 saturated heterocycles. The molecule has 1 aromatic carbocycles. The molecule has 104 valence electrons. The monoisotopic (exact) mass is 300 g/mol. The summed E-state index contributed by atoms with van der Waals surface area (Å²) in [6.07, 6.45) is 1.02. The fraction of sp³-hybridized carbons (Fsp3) is 0.333. The minimum absolute atomic E-state index is 0.215. The Morgan fingerprint density at radius 2 is 2.00 bits per heavy atom. The average Bonchev–Trinajstić information content (AvgIpc) is 2.29. The van der Waals surface area contributed by atoms with Gasteiger partial charge in [-0.1, -0.05) is 24.4 Å². The van der Waals surface area contributed by atoms with Gasteiger partial charge in [-0.2, -0.15) is 0 Å². The lowest BCUT2D eigenvalue weighted by Gasteiger charge is -2.13. The number of sulfone groups is 1. The minimum Gasteiger partial charge on any atom is -0.389 e. The quantitative estimate of drug-likeness (QED) is 0.810. The summed E-state index contributed by atoms with van der Waals surface area (Å²) < 4.78 is 22.6. The number of anilines is 1. The van der Waals surface area contributed by atoms with Gasteiger partial charge in [0, 0.05) is 17.5 Å². The molecule has 3 N–H and O–H groups in total. The Labute approximate surface area is 118 Å². The standard InChI is InChI=1S/C12H16N2O3S2/c1-7-4-5-9(11(13)18)6-10(7)14-12(15)8(2)19(3,16)17/h4-6,8H,1-3H3,(H2,13,18)(H,14,15). The van der Waals surface area contributed by atoms with Gasteiger partial charge in [0.15, 0.2) is 9.84 Å². The third-order valence-corrected chi connectivity index (χ3v) is 4.53. The van der Waals surface area contributed by atoms with E-state index in [0.29, 0.717) is 11.3 Å². The van der Waals surface area contributed by atoms with Crippen LogP contribution in [0.4, 0.5) is 5.69 Å². The van der Waals surface area contributed by atoms with Crippen molar-refractivity contribution in [1.82, 2.24) is 0 Å². The Bertz CT molecular complexity index is 624. The maximum Gasteiger partial charge on any atom is 0.242 e. The molecule has 0 fully saturated rings. The summed E-state index contributed by atoms with van der Waals surface area (Å²) in [5.74, 6) is -0.578. The van der Waals surface area contributed by atoms with Crippen molar-refractivity contribution in [3.63, 3.8) is 0 Å². The number of benzene rings is 1. The minimum atomic E-state index is -3.42. The zero-order chi connectivity index (χ0) is 14.8. The molecule has 1 aromatic rings. The first-order chi connectivity index (χ1) is 8.62. The van der Waals surface area contributed by atoms with E-state index in [1.165, 1.54) is 6.92 Å². The van der Waals surface area contributed by atoms with Crippen molar-refractivity contribution in [3.05, 3.63) is 29.3 Å². The summed E-state index contributed by atoms with van der Waals surface area (Å²) in [6.45, 7) is 3.14. The Hall–Kier alpha value is -1.47. The highest BCUT2D eigenvalue weighted by atomic mass is 32.2. The molecule has 1 atom stereocenters. The van der Waals surface area contributed by atoms with Crippen LogP contribution >= 0.6 is 12.2 Å². The summed E-state index contributed by atoms with van der Waals surface area (Å²) in [5.41, 5.74) is 7.43. The van der Waals surface area contributed by atoms with Gasteiger partial charge in [-0.15, -0.1) is 0 Å². The molecule has 0 aliphatic rings. The van der Waals surface area contributed by atoms with Crippen molar-refractivity contribution < 1.29 is 13.2 Å². The van der Waals surface area contributed by atoms with Crippen LogP contribution < -0.4 is 11.1 Å². The maximum atomic E-state index is 11.8. The van der Waals surface area contributed by atoms with E-state index in [0.717, 1.165) is 11.8 Å². The smallest absolute Gasteiger partial charge is 0.242 e. The van der Waals surface area contributed by atoms with E-state index in [9.17, 15) is 13.2 Å². The van der Waals surface area contributed by atoms with Crippen LogP contribution in [-0.4, -0.2) is 30.8 Å². The van der Waals surface area contributed by atoms with Crippen LogP contribution in [0.15, 0.2) is 18.2 Å². The normalized spacial score (nSPS) is 12.8. The molecular formula is C12H16N2O3S2. The first-order valence-electron chi connectivity index (χ1n) is 5.53. The van der Waals surface area contributed by atoms with E-state index in [-0.39, 0.29) is 4.99 Å². The highest BCUT2D eigenvalue weighted by Gasteiger charge is 2.23. The van der Waals surface area contributed by atoms with E-state index >= 15 is 0 Å². The number of amides is 1. The number of thiocarbonyl (C=S) groups is 1. The van der Waals surface area contributed by atoms with Crippen LogP contribution in [-0.2, 0) is 14.6 Å². The second-order valence-electron chi connectivity index (χ2n) is 4.35. The van der Waals surface area contributed by atoms with Gasteiger partial charge in [0.1, 0.15) is 10.2 Å². The summed E-state index contributed by atoms with van der Waals surface area (Å²) >= 11 is 4.86. The van der Waals surface area contributed by atoms with E-state index in [2.05, 4.69) is 5.32 Å². The van der Waals surface area contributed by atoms with E-state index in [1.54, 1.807) is 25.1 Å². The largest absolute Gasteiger partial charge is 0.389 e. The molecule has 5 nitrogen and oxygen atoms in total. The molecule has 1 unspecified atom stereocenters. The van der Waals surface area contributed by atoms with Gasteiger partial charge in [-0.25, -0.2) is 8.42 Å². The number of hydrogen-bond donors (Lipinski definition) is 2. The zero-order valence-corrected chi connectivity index (χ0v) is 12.6. The lowest BCUT2D eigenvalue weighted by molar-refractivity contribution is -0.115. The summed E-state index contributed by atoms with van der Waals surface area (Å²) in [5, 5.41) is 1.47. The molecule has 1 rings (SSSR count). The highest BCUT2D eigenvalue weighted by molar-refractivity contribution is 7.92.